The summed E-state index contributed by atoms with van der Waals surface area (Å²) in [5, 5.41) is 14.2. The third kappa shape index (κ3) is 3.87. The van der Waals surface area contributed by atoms with Gasteiger partial charge >= 0.3 is 5.97 Å². The summed E-state index contributed by atoms with van der Waals surface area (Å²) in [7, 11) is 1.66. The lowest BCUT2D eigenvalue weighted by Crippen LogP contribution is -2.56. The molecule has 15 heavy (non-hydrogen) atoms. The highest BCUT2D eigenvalue weighted by Crippen LogP contribution is 2.06. The van der Waals surface area contributed by atoms with Crippen LogP contribution in [0.1, 0.15) is 27.7 Å². The van der Waals surface area contributed by atoms with Crippen molar-refractivity contribution < 1.29 is 14.7 Å². The highest BCUT2D eigenvalue weighted by molar-refractivity contribution is 5.89. The van der Waals surface area contributed by atoms with Crippen LogP contribution in [0, 0.1) is 5.92 Å². The van der Waals surface area contributed by atoms with Gasteiger partial charge in [-0.25, -0.2) is 4.79 Å². The molecule has 0 aliphatic rings. The number of carboxylic acid groups (broad SMARTS) is 1. The third-order valence-electron chi connectivity index (χ3n) is 2.41. The van der Waals surface area contributed by atoms with Crippen molar-refractivity contribution in [1.29, 1.82) is 0 Å². The Kier molecular flexibility index (Phi) is 4.74. The van der Waals surface area contributed by atoms with Gasteiger partial charge in [-0.05, 0) is 26.8 Å². The first kappa shape index (κ1) is 13.9. The molecule has 0 bridgehead atoms. The Hall–Kier alpha value is -1.10. The Labute approximate surface area is 90.2 Å². The van der Waals surface area contributed by atoms with E-state index < -0.39 is 17.6 Å². The summed E-state index contributed by atoms with van der Waals surface area (Å²) in [6.45, 7) is 6.90. The molecule has 0 heterocycles. The van der Waals surface area contributed by atoms with Gasteiger partial charge in [0.05, 0.1) is 5.54 Å². The number of aliphatic carboxylic acids is 1. The van der Waals surface area contributed by atoms with Gasteiger partial charge in [-0.15, -0.1) is 0 Å². The fourth-order valence-electron chi connectivity index (χ4n) is 0.949. The van der Waals surface area contributed by atoms with Gasteiger partial charge < -0.3 is 15.7 Å². The molecule has 1 atom stereocenters. The third-order valence-corrected chi connectivity index (χ3v) is 2.41. The molecule has 0 aromatic carbocycles. The fourth-order valence-corrected chi connectivity index (χ4v) is 0.949. The molecule has 0 spiro atoms. The minimum absolute atomic E-state index is 0.140. The molecule has 0 rings (SSSR count). The van der Waals surface area contributed by atoms with Crippen LogP contribution in [0.25, 0.3) is 0 Å². The second-order valence-electron chi connectivity index (χ2n) is 4.41. The first-order chi connectivity index (χ1) is 6.72. The predicted octanol–water partition coefficient (Wildman–Crippen LogP) is 0.210. The second kappa shape index (κ2) is 5.11. The van der Waals surface area contributed by atoms with Crippen LogP contribution in [0.3, 0.4) is 0 Å². The van der Waals surface area contributed by atoms with Gasteiger partial charge in [-0.1, -0.05) is 13.8 Å². The lowest BCUT2D eigenvalue weighted by molar-refractivity contribution is -0.144. The van der Waals surface area contributed by atoms with Crippen molar-refractivity contribution in [2.45, 2.75) is 39.3 Å². The summed E-state index contributed by atoms with van der Waals surface area (Å²) in [6, 6.07) is -0.842. The van der Waals surface area contributed by atoms with E-state index in [2.05, 4.69) is 10.6 Å². The van der Waals surface area contributed by atoms with Crippen LogP contribution < -0.4 is 10.6 Å². The van der Waals surface area contributed by atoms with Gasteiger partial charge in [0.2, 0.25) is 5.91 Å². The molecule has 0 aromatic rings. The molecule has 3 N–H and O–H groups in total. The number of hydrogen-bond acceptors (Lipinski definition) is 3. The molecular formula is C10H20N2O3. The Morgan fingerprint density at radius 1 is 1.27 bits per heavy atom. The average Bonchev–Trinajstić information content (AvgIpc) is 2.12. The quantitative estimate of drug-likeness (QED) is 0.614. The monoisotopic (exact) mass is 216 g/mol. The standard InChI is InChI=1S/C10H20N2O3/c1-6(2)7(8(13)14)12-9(15)10(3,4)11-5/h6-7,11H,1-5H3,(H,12,15)(H,13,14). The van der Waals surface area contributed by atoms with Gasteiger partial charge in [0, 0.05) is 0 Å². The number of hydrogen-bond donors (Lipinski definition) is 3. The van der Waals surface area contributed by atoms with Crippen LogP contribution >= 0.6 is 0 Å². The minimum atomic E-state index is -1.01. The van der Waals surface area contributed by atoms with Gasteiger partial charge in [0.15, 0.2) is 0 Å². The maximum Gasteiger partial charge on any atom is 0.326 e. The maximum absolute atomic E-state index is 11.7. The van der Waals surface area contributed by atoms with E-state index in [1.54, 1.807) is 34.7 Å². The average molecular weight is 216 g/mol. The van der Waals surface area contributed by atoms with Crippen molar-refractivity contribution in [2.75, 3.05) is 7.05 Å². The van der Waals surface area contributed by atoms with Gasteiger partial charge in [0.1, 0.15) is 6.04 Å². The summed E-state index contributed by atoms with van der Waals surface area (Å²) >= 11 is 0. The van der Waals surface area contributed by atoms with E-state index in [0.717, 1.165) is 0 Å². The lowest BCUT2D eigenvalue weighted by atomic mass is 10.0. The number of carbonyl (C=O) groups excluding carboxylic acids is 1. The zero-order valence-electron chi connectivity index (χ0n) is 9.92. The van der Waals surface area contributed by atoms with E-state index in [1.807, 2.05) is 0 Å². The molecule has 0 aromatic heterocycles. The molecule has 88 valence electrons. The molecule has 0 aliphatic heterocycles. The number of amides is 1. The SMILES string of the molecule is CNC(C)(C)C(=O)NC(C(=O)O)C(C)C. The number of carboxylic acids is 1. The van der Waals surface area contributed by atoms with Crippen molar-refractivity contribution in [3.05, 3.63) is 0 Å². The molecule has 0 radical (unpaired) electrons. The van der Waals surface area contributed by atoms with Crippen LogP contribution in [0.5, 0.6) is 0 Å². The van der Waals surface area contributed by atoms with Crippen molar-refractivity contribution >= 4 is 11.9 Å². The summed E-state index contributed by atoms with van der Waals surface area (Å²) in [4.78, 5) is 22.5. The van der Waals surface area contributed by atoms with Crippen LogP contribution in [-0.4, -0.2) is 35.6 Å². The molecular weight excluding hydrogens is 196 g/mol. The second-order valence-corrected chi connectivity index (χ2v) is 4.41. The summed E-state index contributed by atoms with van der Waals surface area (Å²) < 4.78 is 0. The van der Waals surface area contributed by atoms with Crippen LogP contribution in [0.15, 0.2) is 0 Å². The lowest BCUT2D eigenvalue weighted by Gasteiger charge is -2.26. The molecule has 0 aliphatic carbocycles. The van der Waals surface area contributed by atoms with E-state index in [-0.39, 0.29) is 11.8 Å². The van der Waals surface area contributed by atoms with Gasteiger partial charge in [-0.3, -0.25) is 4.79 Å². The van der Waals surface area contributed by atoms with Crippen LogP contribution in [-0.2, 0) is 9.59 Å². The maximum atomic E-state index is 11.7. The molecule has 0 saturated heterocycles. The molecule has 0 saturated carbocycles. The normalized spacial score (nSPS) is 13.7. The first-order valence-electron chi connectivity index (χ1n) is 4.95. The Morgan fingerprint density at radius 3 is 2.00 bits per heavy atom. The molecule has 5 heteroatoms. The zero-order valence-corrected chi connectivity index (χ0v) is 9.92. The zero-order chi connectivity index (χ0) is 12.2. The smallest absolute Gasteiger partial charge is 0.326 e. The van der Waals surface area contributed by atoms with Crippen molar-refractivity contribution in [3.8, 4) is 0 Å². The van der Waals surface area contributed by atoms with Crippen molar-refractivity contribution in [2.24, 2.45) is 5.92 Å². The Bertz CT molecular complexity index is 249. The van der Waals surface area contributed by atoms with Crippen molar-refractivity contribution in [3.63, 3.8) is 0 Å². The highest BCUT2D eigenvalue weighted by Gasteiger charge is 2.31. The summed E-state index contributed by atoms with van der Waals surface area (Å²) in [5.74, 6) is -1.46. The molecule has 5 nitrogen and oxygen atoms in total. The fraction of sp³-hybridized carbons (Fsp3) is 0.800. The summed E-state index contributed by atoms with van der Waals surface area (Å²) in [6.07, 6.45) is 0. The van der Waals surface area contributed by atoms with Gasteiger partial charge in [-0.2, -0.15) is 0 Å². The molecule has 1 amide bonds. The Balaban J connectivity index is 4.57. The molecule has 1 unspecified atom stereocenters. The number of rotatable bonds is 5. The summed E-state index contributed by atoms with van der Waals surface area (Å²) in [5.41, 5.74) is -0.761. The topological polar surface area (TPSA) is 78.4 Å². The van der Waals surface area contributed by atoms with E-state index in [1.165, 1.54) is 0 Å². The number of likely N-dealkylation sites (N-methyl/N-ethyl adjacent to an activating group) is 1. The minimum Gasteiger partial charge on any atom is -0.480 e. The van der Waals surface area contributed by atoms with E-state index in [0.29, 0.717) is 0 Å². The first-order valence-corrected chi connectivity index (χ1v) is 4.95. The van der Waals surface area contributed by atoms with E-state index in [4.69, 9.17) is 5.11 Å². The van der Waals surface area contributed by atoms with E-state index in [9.17, 15) is 9.59 Å². The Morgan fingerprint density at radius 2 is 1.73 bits per heavy atom. The molecule has 0 fully saturated rings. The highest BCUT2D eigenvalue weighted by atomic mass is 16.4. The number of nitrogens with one attached hydrogen (secondary N) is 2. The van der Waals surface area contributed by atoms with Crippen LogP contribution in [0.4, 0.5) is 0 Å². The predicted molar refractivity (Wildman–Crippen MR) is 57.5 cm³/mol. The number of carbonyl (C=O) groups is 2. The van der Waals surface area contributed by atoms with Crippen LogP contribution in [0.2, 0.25) is 0 Å². The van der Waals surface area contributed by atoms with Gasteiger partial charge in [0.25, 0.3) is 0 Å². The van der Waals surface area contributed by atoms with E-state index >= 15 is 0 Å². The largest absolute Gasteiger partial charge is 0.480 e. The van der Waals surface area contributed by atoms with Crippen molar-refractivity contribution in [1.82, 2.24) is 10.6 Å².